The third kappa shape index (κ3) is 4.20. The molecule has 0 aromatic heterocycles. The van der Waals surface area contributed by atoms with E-state index in [9.17, 15) is 9.59 Å². The molecule has 0 atom stereocenters. The molecular weight excluding hydrogens is 232 g/mol. The minimum atomic E-state index is -0.370. The Hall–Kier alpha value is -1.84. The first-order valence-corrected chi connectivity index (χ1v) is 6.13. The van der Waals surface area contributed by atoms with Crippen molar-refractivity contribution in [3.8, 4) is 0 Å². The molecule has 1 aromatic rings. The van der Waals surface area contributed by atoms with Crippen molar-refractivity contribution < 1.29 is 19.1 Å². The Morgan fingerprint density at radius 1 is 0.833 bits per heavy atom. The number of carbonyl (C=O) groups is 2. The van der Waals surface area contributed by atoms with Crippen molar-refractivity contribution in [3.63, 3.8) is 0 Å². The Kier molecular flexibility index (Phi) is 5.91. The molecule has 98 valence electrons. The van der Waals surface area contributed by atoms with E-state index < -0.39 is 0 Å². The van der Waals surface area contributed by atoms with Crippen LogP contribution < -0.4 is 0 Å². The van der Waals surface area contributed by atoms with Crippen LogP contribution in [0, 0.1) is 0 Å². The highest BCUT2D eigenvalue weighted by atomic mass is 16.5. The van der Waals surface area contributed by atoms with Crippen LogP contribution >= 0.6 is 0 Å². The summed E-state index contributed by atoms with van der Waals surface area (Å²) in [6.45, 7) is 4.67. The Balaban J connectivity index is 2.62. The zero-order valence-electron chi connectivity index (χ0n) is 10.8. The van der Waals surface area contributed by atoms with Gasteiger partial charge in [0, 0.05) is 0 Å². The van der Waals surface area contributed by atoms with Crippen LogP contribution in [0.5, 0.6) is 0 Å². The van der Waals surface area contributed by atoms with Gasteiger partial charge in [-0.05, 0) is 37.1 Å². The number of benzene rings is 1. The van der Waals surface area contributed by atoms with Crippen molar-refractivity contribution in [2.24, 2.45) is 0 Å². The molecule has 1 rings (SSSR count). The summed E-state index contributed by atoms with van der Waals surface area (Å²) in [5.41, 5.74) is 0.881. The first kappa shape index (κ1) is 14.2. The van der Waals surface area contributed by atoms with Gasteiger partial charge in [-0.15, -0.1) is 0 Å². The van der Waals surface area contributed by atoms with Crippen LogP contribution in [0.15, 0.2) is 24.3 Å². The fourth-order valence-corrected chi connectivity index (χ4v) is 1.30. The summed E-state index contributed by atoms with van der Waals surface area (Å²) in [5.74, 6) is -0.740. The lowest BCUT2D eigenvalue weighted by molar-refractivity contribution is 0.0490. The molecule has 0 N–H and O–H groups in total. The Morgan fingerprint density at radius 3 is 1.44 bits per heavy atom. The van der Waals surface area contributed by atoms with Crippen molar-refractivity contribution in [1.29, 1.82) is 0 Å². The van der Waals surface area contributed by atoms with E-state index in [1.807, 2.05) is 13.8 Å². The maximum atomic E-state index is 11.5. The quantitative estimate of drug-likeness (QED) is 0.728. The second-order valence-electron chi connectivity index (χ2n) is 3.85. The highest BCUT2D eigenvalue weighted by Gasteiger charge is 2.10. The molecule has 4 nitrogen and oxygen atoms in total. The molecule has 0 heterocycles. The monoisotopic (exact) mass is 250 g/mol. The smallest absolute Gasteiger partial charge is 0.338 e. The van der Waals surface area contributed by atoms with Gasteiger partial charge in [0.05, 0.1) is 24.3 Å². The van der Waals surface area contributed by atoms with Crippen molar-refractivity contribution >= 4 is 11.9 Å². The first-order chi connectivity index (χ1) is 8.69. The van der Waals surface area contributed by atoms with E-state index in [1.165, 1.54) is 0 Å². The average molecular weight is 250 g/mol. The summed E-state index contributed by atoms with van der Waals surface area (Å²) >= 11 is 0. The largest absolute Gasteiger partial charge is 0.462 e. The van der Waals surface area contributed by atoms with Gasteiger partial charge in [-0.25, -0.2) is 9.59 Å². The van der Waals surface area contributed by atoms with Crippen molar-refractivity contribution in [2.75, 3.05) is 13.2 Å². The topological polar surface area (TPSA) is 52.6 Å². The molecule has 0 saturated heterocycles. The number of hydrogen-bond acceptors (Lipinski definition) is 4. The zero-order chi connectivity index (χ0) is 13.4. The lowest BCUT2D eigenvalue weighted by Crippen LogP contribution is -2.08. The molecule has 0 aliphatic rings. The van der Waals surface area contributed by atoms with E-state index in [4.69, 9.17) is 9.47 Å². The lowest BCUT2D eigenvalue weighted by Gasteiger charge is -2.05. The van der Waals surface area contributed by atoms with Crippen LogP contribution in [-0.2, 0) is 9.47 Å². The SMILES string of the molecule is CCCOC(=O)c1ccc(C(=O)OCCC)cc1. The number of rotatable bonds is 6. The van der Waals surface area contributed by atoms with E-state index in [0.717, 1.165) is 12.8 Å². The second-order valence-corrected chi connectivity index (χ2v) is 3.85. The number of esters is 2. The second kappa shape index (κ2) is 7.48. The van der Waals surface area contributed by atoms with E-state index in [2.05, 4.69) is 0 Å². The predicted molar refractivity (Wildman–Crippen MR) is 67.6 cm³/mol. The van der Waals surface area contributed by atoms with Crippen molar-refractivity contribution in [2.45, 2.75) is 26.7 Å². The van der Waals surface area contributed by atoms with Crippen molar-refractivity contribution in [1.82, 2.24) is 0 Å². The molecule has 0 bridgehead atoms. The van der Waals surface area contributed by atoms with Gasteiger partial charge in [0.25, 0.3) is 0 Å². The molecule has 0 unspecified atom stereocenters. The predicted octanol–water partition coefficient (Wildman–Crippen LogP) is 2.82. The lowest BCUT2D eigenvalue weighted by atomic mass is 10.1. The Morgan fingerprint density at radius 2 is 1.17 bits per heavy atom. The van der Waals surface area contributed by atoms with Gasteiger partial charge < -0.3 is 9.47 Å². The number of hydrogen-bond donors (Lipinski definition) is 0. The summed E-state index contributed by atoms with van der Waals surface area (Å²) in [4.78, 5) is 23.0. The van der Waals surface area contributed by atoms with Crippen LogP contribution in [0.25, 0.3) is 0 Å². The fourth-order valence-electron chi connectivity index (χ4n) is 1.30. The summed E-state index contributed by atoms with van der Waals surface area (Å²) in [5, 5.41) is 0. The molecule has 0 radical (unpaired) electrons. The van der Waals surface area contributed by atoms with Gasteiger partial charge in [0.2, 0.25) is 0 Å². The normalized spacial score (nSPS) is 9.89. The van der Waals surface area contributed by atoms with Gasteiger partial charge in [0.15, 0.2) is 0 Å². The van der Waals surface area contributed by atoms with E-state index in [0.29, 0.717) is 24.3 Å². The summed E-state index contributed by atoms with van der Waals surface area (Å²) in [7, 11) is 0. The molecular formula is C14H18O4. The number of ether oxygens (including phenoxy) is 2. The molecule has 0 spiro atoms. The highest BCUT2D eigenvalue weighted by molar-refractivity contribution is 5.93. The van der Waals surface area contributed by atoms with Crippen LogP contribution in [0.1, 0.15) is 47.4 Å². The third-order valence-electron chi connectivity index (χ3n) is 2.23. The minimum absolute atomic E-state index is 0.370. The Labute approximate surface area is 107 Å². The molecule has 18 heavy (non-hydrogen) atoms. The van der Waals surface area contributed by atoms with E-state index in [1.54, 1.807) is 24.3 Å². The molecule has 1 aromatic carbocycles. The van der Waals surface area contributed by atoms with Gasteiger partial charge in [-0.2, -0.15) is 0 Å². The van der Waals surface area contributed by atoms with Crippen LogP contribution in [-0.4, -0.2) is 25.2 Å². The van der Waals surface area contributed by atoms with Crippen molar-refractivity contribution in [3.05, 3.63) is 35.4 Å². The maximum absolute atomic E-state index is 11.5. The minimum Gasteiger partial charge on any atom is -0.462 e. The molecule has 0 aliphatic carbocycles. The average Bonchev–Trinajstić information content (AvgIpc) is 2.42. The van der Waals surface area contributed by atoms with Gasteiger partial charge in [0.1, 0.15) is 0 Å². The van der Waals surface area contributed by atoms with Crippen LogP contribution in [0.4, 0.5) is 0 Å². The van der Waals surface area contributed by atoms with Crippen LogP contribution in [0.3, 0.4) is 0 Å². The summed E-state index contributed by atoms with van der Waals surface area (Å²) in [6.07, 6.45) is 1.57. The zero-order valence-corrected chi connectivity index (χ0v) is 10.8. The summed E-state index contributed by atoms with van der Waals surface area (Å²) < 4.78 is 9.97. The van der Waals surface area contributed by atoms with Gasteiger partial charge in [-0.3, -0.25) is 0 Å². The Bertz CT molecular complexity index is 356. The fraction of sp³-hybridized carbons (Fsp3) is 0.429. The maximum Gasteiger partial charge on any atom is 0.338 e. The number of carbonyl (C=O) groups excluding carboxylic acids is 2. The standard InChI is InChI=1S/C14H18O4/c1-3-9-17-13(15)11-5-7-12(8-6-11)14(16)18-10-4-2/h5-8H,3-4,9-10H2,1-2H3. The molecule has 0 aliphatic heterocycles. The van der Waals surface area contributed by atoms with E-state index in [-0.39, 0.29) is 11.9 Å². The van der Waals surface area contributed by atoms with Crippen LogP contribution in [0.2, 0.25) is 0 Å². The third-order valence-corrected chi connectivity index (χ3v) is 2.23. The molecule has 0 saturated carbocycles. The molecule has 0 fully saturated rings. The highest BCUT2D eigenvalue weighted by Crippen LogP contribution is 2.08. The van der Waals surface area contributed by atoms with Gasteiger partial charge >= 0.3 is 11.9 Å². The van der Waals surface area contributed by atoms with E-state index >= 15 is 0 Å². The molecule has 0 amide bonds. The molecule has 4 heteroatoms. The van der Waals surface area contributed by atoms with Gasteiger partial charge in [-0.1, -0.05) is 13.8 Å². The summed E-state index contributed by atoms with van der Waals surface area (Å²) in [6, 6.07) is 6.28. The first-order valence-electron chi connectivity index (χ1n) is 6.13.